The van der Waals surface area contributed by atoms with Crippen LogP contribution >= 0.6 is 22.6 Å². The number of nitrogens with zero attached hydrogens (tertiary/aromatic N) is 1. The van der Waals surface area contributed by atoms with Crippen molar-refractivity contribution in [2.45, 2.75) is 19.4 Å². The van der Waals surface area contributed by atoms with Gasteiger partial charge in [0.25, 0.3) is 5.56 Å². The Balaban J connectivity index is 2.96. The number of halogens is 1. The number of methoxy groups -OCH3 is 1. The number of aromatic hydroxyl groups is 1. The molecule has 1 aromatic heterocycles. The van der Waals surface area contributed by atoms with E-state index in [-0.39, 0.29) is 21.1 Å². The largest absolute Gasteiger partial charge is 0.492 e. The van der Waals surface area contributed by atoms with Gasteiger partial charge in [-0.05, 0) is 29.5 Å². The normalized spacial score (nSPS) is 12.8. The first-order chi connectivity index (χ1) is 6.54. The molecule has 0 aromatic carbocycles. The zero-order chi connectivity index (χ0) is 10.7. The molecule has 0 bridgehead atoms. The number of aromatic nitrogens is 2. The van der Waals surface area contributed by atoms with Crippen molar-refractivity contribution in [3.8, 4) is 5.88 Å². The fraction of sp³-hybridized carbons (Fsp3) is 0.500. The van der Waals surface area contributed by atoms with Crippen LogP contribution in [0.3, 0.4) is 0 Å². The molecule has 0 saturated heterocycles. The Morgan fingerprint density at radius 1 is 1.71 bits per heavy atom. The molecule has 0 amide bonds. The van der Waals surface area contributed by atoms with E-state index >= 15 is 0 Å². The Bertz CT molecular complexity index is 377. The van der Waals surface area contributed by atoms with Crippen LogP contribution in [0, 0.1) is 3.57 Å². The number of hydrogen-bond acceptors (Lipinski definition) is 4. The third kappa shape index (κ3) is 2.68. The van der Waals surface area contributed by atoms with Gasteiger partial charge in [0.2, 0.25) is 5.88 Å². The van der Waals surface area contributed by atoms with E-state index in [1.54, 1.807) is 29.7 Å². The highest BCUT2D eigenvalue weighted by atomic mass is 127. The van der Waals surface area contributed by atoms with Crippen LogP contribution in [-0.4, -0.2) is 28.3 Å². The van der Waals surface area contributed by atoms with Crippen LogP contribution in [0.2, 0.25) is 0 Å². The van der Waals surface area contributed by atoms with Crippen LogP contribution in [0.4, 0.5) is 0 Å². The second-order valence-corrected chi connectivity index (χ2v) is 3.98. The maximum atomic E-state index is 11.2. The molecular formula is C8H11IN2O3. The summed E-state index contributed by atoms with van der Waals surface area (Å²) in [4.78, 5) is 17.6. The molecule has 0 aliphatic heterocycles. The highest BCUT2D eigenvalue weighted by Crippen LogP contribution is 2.11. The Kier molecular flexibility index (Phi) is 3.87. The quantitative estimate of drug-likeness (QED) is 0.804. The van der Waals surface area contributed by atoms with E-state index in [0.717, 1.165) is 0 Å². The van der Waals surface area contributed by atoms with Crippen molar-refractivity contribution >= 4 is 22.6 Å². The van der Waals surface area contributed by atoms with Gasteiger partial charge in [-0.2, -0.15) is 4.98 Å². The molecule has 2 N–H and O–H groups in total. The fourth-order valence-electron chi connectivity index (χ4n) is 0.945. The summed E-state index contributed by atoms with van der Waals surface area (Å²) in [6.45, 7) is 1.86. The Morgan fingerprint density at radius 2 is 2.36 bits per heavy atom. The second-order valence-electron chi connectivity index (χ2n) is 2.90. The van der Waals surface area contributed by atoms with Crippen molar-refractivity contribution in [2.75, 3.05) is 7.11 Å². The minimum Gasteiger partial charge on any atom is -0.492 e. The standard InChI is InChI=1S/C8H11IN2O3/c1-4(14-2)3-5-10-7(12)6(9)8(13)11-5/h4H,3H2,1-2H3,(H2,10,11,12,13). The lowest BCUT2D eigenvalue weighted by molar-refractivity contribution is 0.117. The van der Waals surface area contributed by atoms with Crippen molar-refractivity contribution in [2.24, 2.45) is 0 Å². The van der Waals surface area contributed by atoms with Gasteiger partial charge < -0.3 is 14.8 Å². The Hall–Kier alpha value is -0.630. The minimum absolute atomic E-state index is 0.0439. The van der Waals surface area contributed by atoms with E-state index in [0.29, 0.717) is 12.2 Å². The van der Waals surface area contributed by atoms with Crippen LogP contribution in [0.1, 0.15) is 12.7 Å². The summed E-state index contributed by atoms with van der Waals surface area (Å²) >= 11 is 1.74. The van der Waals surface area contributed by atoms with Crippen LogP contribution in [0.15, 0.2) is 4.79 Å². The Morgan fingerprint density at radius 3 is 2.86 bits per heavy atom. The van der Waals surface area contributed by atoms with Crippen molar-refractivity contribution < 1.29 is 9.84 Å². The van der Waals surface area contributed by atoms with Gasteiger partial charge in [-0.1, -0.05) is 0 Å². The SMILES string of the molecule is COC(C)Cc1nc(O)c(I)c(=O)[nH]1. The van der Waals surface area contributed by atoms with Crippen LogP contribution < -0.4 is 5.56 Å². The van der Waals surface area contributed by atoms with E-state index in [2.05, 4.69) is 9.97 Å². The van der Waals surface area contributed by atoms with E-state index in [9.17, 15) is 9.90 Å². The highest BCUT2D eigenvalue weighted by molar-refractivity contribution is 14.1. The van der Waals surface area contributed by atoms with Crippen molar-refractivity contribution in [3.05, 3.63) is 19.7 Å². The van der Waals surface area contributed by atoms with E-state index < -0.39 is 0 Å². The number of aromatic amines is 1. The van der Waals surface area contributed by atoms with E-state index in [1.807, 2.05) is 6.92 Å². The molecule has 78 valence electrons. The van der Waals surface area contributed by atoms with E-state index in [1.165, 1.54) is 0 Å². The summed E-state index contributed by atoms with van der Waals surface area (Å²) < 4.78 is 5.22. The smallest absolute Gasteiger partial charge is 0.268 e. The summed E-state index contributed by atoms with van der Waals surface area (Å²) in [5.41, 5.74) is -0.323. The predicted octanol–water partition coefficient (Wildman–Crippen LogP) is 0.657. The second kappa shape index (κ2) is 4.74. The zero-order valence-electron chi connectivity index (χ0n) is 7.87. The molecule has 6 heteroatoms. The molecular weight excluding hydrogens is 299 g/mol. The lowest BCUT2D eigenvalue weighted by Crippen LogP contribution is -2.18. The maximum Gasteiger partial charge on any atom is 0.268 e. The molecule has 1 rings (SSSR count). The number of hydrogen-bond donors (Lipinski definition) is 2. The number of H-pyrrole nitrogens is 1. The molecule has 5 nitrogen and oxygen atoms in total. The molecule has 0 aliphatic carbocycles. The average molecular weight is 310 g/mol. The number of ether oxygens (including phenoxy) is 1. The third-order valence-electron chi connectivity index (χ3n) is 1.78. The zero-order valence-corrected chi connectivity index (χ0v) is 10.0. The molecule has 0 spiro atoms. The summed E-state index contributed by atoms with van der Waals surface area (Å²) in [5.74, 6) is 0.204. The van der Waals surface area contributed by atoms with Gasteiger partial charge in [0.05, 0.1) is 6.10 Å². The van der Waals surface area contributed by atoms with E-state index in [4.69, 9.17) is 4.74 Å². The monoisotopic (exact) mass is 310 g/mol. The molecule has 1 aromatic rings. The lowest BCUT2D eigenvalue weighted by atomic mass is 10.3. The Labute approximate surface area is 94.7 Å². The topological polar surface area (TPSA) is 75.2 Å². The number of rotatable bonds is 3. The van der Waals surface area contributed by atoms with Crippen LogP contribution in [0.5, 0.6) is 5.88 Å². The maximum absolute atomic E-state index is 11.2. The first-order valence-corrected chi connectivity index (χ1v) is 5.13. The summed E-state index contributed by atoms with van der Waals surface area (Å²) in [7, 11) is 1.58. The van der Waals surface area contributed by atoms with Crippen molar-refractivity contribution in [1.82, 2.24) is 9.97 Å². The predicted molar refractivity (Wildman–Crippen MR) is 59.4 cm³/mol. The van der Waals surface area contributed by atoms with Gasteiger partial charge in [0.1, 0.15) is 9.39 Å². The summed E-state index contributed by atoms with van der Waals surface area (Å²) in [5, 5.41) is 9.29. The van der Waals surface area contributed by atoms with Gasteiger partial charge in [0.15, 0.2) is 0 Å². The summed E-state index contributed by atoms with van der Waals surface area (Å²) in [6, 6.07) is 0. The first kappa shape index (κ1) is 11.4. The number of nitrogens with one attached hydrogen (secondary N) is 1. The van der Waals surface area contributed by atoms with Gasteiger partial charge in [0, 0.05) is 13.5 Å². The fourth-order valence-corrected chi connectivity index (χ4v) is 1.20. The minimum atomic E-state index is -0.323. The molecule has 1 heterocycles. The lowest BCUT2D eigenvalue weighted by Gasteiger charge is -2.08. The molecule has 1 atom stereocenters. The van der Waals surface area contributed by atoms with Crippen molar-refractivity contribution in [3.63, 3.8) is 0 Å². The van der Waals surface area contributed by atoms with Gasteiger partial charge in [-0.25, -0.2) is 0 Å². The molecule has 0 saturated carbocycles. The van der Waals surface area contributed by atoms with Gasteiger partial charge >= 0.3 is 0 Å². The molecule has 0 fully saturated rings. The molecule has 0 radical (unpaired) electrons. The molecule has 14 heavy (non-hydrogen) atoms. The third-order valence-corrected chi connectivity index (χ3v) is 2.75. The summed E-state index contributed by atoms with van der Waals surface area (Å²) in [6.07, 6.45) is 0.425. The average Bonchev–Trinajstić information content (AvgIpc) is 2.14. The van der Waals surface area contributed by atoms with Gasteiger partial charge in [-0.15, -0.1) is 0 Å². The molecule has 1 unspecified atom stereocenters. The first-order valence-electron chi connectivity index (χ1n) is 4.05. The van der Waals surface area contributed by atoms with Gasteiger partial charge in [-0.3, -0.25) is 4.79 Å². The van der Waals surface area contributed by atoms with Crippen molar-refractivity contribution in [1.29, 1.82) is 0 Å². The van der Waals surface area contributed by atoms with Crippen LogP contribution in [0.25, 0.3) is 0 Å². The highest BCUT2D eigenvalue weighted by Gasteiger charge is 2.09. The molecule has 0 aliphatic rings. The van der Waals surface area contributed by atoms with Crippen LogP contribution in [-0.2, 0) is 11.2 Å².